The Morgan fingerprint density at radius 3 is 2.82 bits per heavy atom. The predicted molar refractivity (Wildman–Crippen MR) is 67.8 cm³/mol. The summed E-state index contributed by atoms with van der Waals surface area (Å²) < 4.78 is 13.1. The van der Waals surface area contributed by atoms with Crippen molar-refractivity contribution in [2.75, 3.05) is 30.8 Å². The van der Waals surface area contributed by atoms with E-state index >= 15 is 0 Å². The van der Waals surface area contributed by atoms with Crippen molar-refractivity contribution in [3.8, 4) is 0 Å². The van der Waals surface area contributed by atoms with Crippen LogP contribution in [0.3, 0.4) is 0 Å². The minimum Gasteiger partial charge on any atom is -0.397 e. The summed E-state index contributed by atoms with van der Waals surface area (Å²) in [5.41, 5.74) is 6.45. The van der Waals surface area contributed by atoms with Crippen LogP contribution in [0.2, 0.25) is 5.02 Å². The van der Waals surface area contributed by atoms with Crippen LogP contribution in [0.5, 0.6) is 0 Å². The second kappa shape index (κ2) is 5.72. The summed E-state index contributed by atoms with van der Waals surface area (Å²) in [6, 6.07) is 2.55. The third kappa shape index (κ3) is 3.49. The molecule has 0 atom stereocenters. The van der Waals surface area contributed by atoms with Crippen molar-refractivity contribution in [1.29, 1.82) is 0 Å². The number of halogens is 2. The molecule has 1 aromatic rings. The first-order chi connectivity index (χ1) is 7.95. The molecule has 0 bridgehead atoms. The van der Waals surface area contributed by atoms with E-state index in [1.165, 1.54) is 6.07 Å². The molecule has 3 N–H and O–H groups in total. The normalized spacial score (nSPS) is 10.1. The smallest absolute Gasteiger partial charge is 0.239 e. The summed E-state index contributed by atoms with van der Waals surface area (Å²) in [5, 5.41) is 2.65. The highest BCUT2D eigenvalue weighted by atomic mass is 35.5. The number of amides is 1. The summed E-state index contributed by atoms with van der Waals surface area (Å²) in [4.78, 5) is 13.0. The standard InChI is InChI=1S/C11H15ClFN3O/c1-3-15-11(17)6-16(2)10-4-7(12)8(13)5-9(10)14/h4-5H,3,6,14H2,1-2H3,(H,15,17). The highest BCUT2D eigenvalue weighted by Gasteiger charge is 2.12. The number of rotatable bonds is 4. The Morgan fingerprint density at radius 2 is 2.24 bits per heavy atom. The van der Waals surface area contributed by atoms with Crippen LogP contribution in [0.25, 0.3) is 0 Å². The van der Waals surface area contributed by atoms with Gasteiger partial charge in [0.05, 0.1) is 22.9 Å². The van der Waals surface area contributed by atoms with E-state index in [2.05, 4.69) is 5.32 Å². The van der Waals surface area contributed by atoms with Crippen molar-refractivity contribution in [3.05, 3.63) is 23.0 Å². The number of benzene rings is 1. The largest absolute Gasteiger partial charge is 0.397 e. The molecule has 0 aliphatic heterocycles. The average molecular weight is 260 g/mol. The van der Waals surface area contributed by atoms with Crippen molar-refractivity contribution in [1.82, 2.24) is 5.32 Å². The van der Waals surface area contributed by atoms with Crippen LogP contribution in [0, 0.1) is 5.82 Å². The third-order valence-corrected chi connectivity index (χ3v) is 2.53. The Bertz CT molecular complexity index is 425. The molecule has 0 saturated carbocycles. The van der Waals surface area contributed by atoms with Gasteiger partial charge in [-0.15, -0.1) is 0 Å². The molecular weight excluding hydrogens is 245 g/mol. The number of nitrogens with two attached hydrogens (primary N) is 1. The van der Waals surface area contributed by atoms with Gasteiger partial charge in [-0.3, -0.25) is 4.79 Å². The maximum atomic E-state index is 13.1. The van der Waals surface area contributed by atoms with E-state index in [-0.39, 0.29) is 23.2 Å². The van der Waals surface area contributed by atoms with E-state index in [9.17, 15) is 9.18 Å². The second-order valence-corrected chi connectivity index (χ2v) is 4.04. The van der Waals surface area contributed by atoms with Gasteiger partial charge in [0.15, 0.2) is 0 Å². The Labute approximate surface area is 105 Å². The van der Waals surface area contributed by atoms with Gasteiger partial charge in [0.2, 0.25) is 5.91 Å². The molecule has 0 aliphatic carbocycles. The van der Waals surface area contributed by atoms with Crippen LogP contribution in [-0.4, -0.2) is 26.0 Å². The zero-order chi connectivity index (χ0) is 13.0. The number of hydrogen-bond donors (Lipinski definition) is 2. The summed E-state index contributed by atoms with van der Waals surface area (Å²) in [5.74, 6) is -0.700. The summed E-state index contributed by atoms with van der Waals surface area (Å²) in [7, 11) is 1.69. The fourth-order valence-electron chi connectivity index (χ4n) is 1.44. The van der Waals surface area contributed by atoms with Gasteiger partial charge in [0.25, 0.3) is 0 Å². The van der Waals surface area contributed by atoms with Crippen LogP contribution in [0.4, 0.5) is 15.8 Å². The van der Waals surface area contributed by atoms with Crippen molar-refractivity contribution >= 4 is 28.9 Å². The lowest BCUT2D eigenvalue weighted by atomic mass is 10.2. The number of likely N-dealkylation sites (N-methyl/N-ethyl adjacent to an activating group) is 2. The molecule has 0 saturated heterocycles. The van der Waals surface area contributed by atoms with Gasteiger partial charge in [-0.05, 0) is 13.0 Å². The number of nitrogens with one attached hydrogen (secondary N) is 1. The molecule has 17 heavy (non-hydrogen) atoms. The van der Waals surface area contributed by atoms with Gasteiger partial charge in [0, 0.05) is 19.7 Å². The van der Waals surface area contributed by atoms with E-state index in [1.807, 2.05) is 6.92 Å². The number of anilines is 2. The monoisotopic (exact) mass is 259 g/mol. The van der Waals surface area contributed by atoms with E-state index in [0.717, 1.165) is 6.07 Å². The molecule has 4 nitrogen and oxygen atoms in total. The van der Waals surface area contributed by atoms with Gasteiger partial charge in [-0.2, -0.15) is 0 Å². The van der Waals surface area contributed by atoms with E-state index in [1.54, 1.807) is 11.9 Å². The Kier molecular flexibility index (Phi) is 4.57. The Hall–Kier alpha value is -1.49. The van der Waals surface area contributed by atoms with E-state index < -0.39 is 5.82 Å². The summed E-state index contributed by atoms with van der Waals surface area (Å²) in [6.45, 7) is 2.54. The summed E-state index contributed by atoms with van der Waals surface area (Å²) >= 11 is 5.67. The number of carbonyl (C=O) groups excluding carboxylic acids is 1. The molecule has 0 aliphatic rings. The molecule has 94 valence electrons. The fraction of sp³-hybridized carbons (Fsp3) is 0.364. The first kappa shape index (κ1) is 13.6. The fourth-order valence-corrected chi connectivity index (χ4v) is 1.59. The van der Waals surface area contributed by atoms with Crippen LogP contribution in [0.15, 0.2) is 12.1 Å². The zero-order valence-electron chi connectivity index (χ0n) is 9.76. The minimum absolute atomic E-state index is 0.0167. The van der Waals surface area contributed by atoms with E-state index in [0.29, 0.717) is 12.2 Å². The van der Waals surface area contributed by atoms with Gasteiger partial charge in [0.1, 0.15) is 5.82 Å². The number of nitrogens with zero attached hydrogens (tertiary/aromatic N) is 1. The first-order valence-corrected chi connectivity index (χ1v) is 5.55. The molecule has 0 spiro atoms. The topological polar surface area (TPSA) is 58.4 Å². The number of nitrogen functional groups attached to an aromatic ring is 1. The Morgan fingerprint density at radius 1 is 1.59 bits per heavy atom. The quantitative estimate of drug-likeness (QED) is 0.808. The van der Waals surface area contributed by atoms with Crippen molar-refractivity contribution in [3.63, 3.8) is 0 Å². The van der Waals surface area contributed by atoms with Crippen LogP contribution >= 0.6 is 11.6 Å². The molecule has 0 unspecified atom stereocenters. The van der Waals surface area contributed by atoms with Crippen LogP contribution in [0.1, 0.15) is 6.92 Å². The van der Waals surface area contributed by atoms with Crippen LogP contribution in [-0.2, 0) is 4.79 Å². The van der Waals surface area contributed by atoms with E-state index in [4.69, 9.17) is 17.3 Å². The van der Waals surface area contributed by atoms with Crippen molar-refractivity contribution in [2.45, 2.75) is 6.92 Å². The number of hydrogen-bond acceptors (Lipinski definition) is 3. The van der Waals surface area contributed by atoms with Gasteiger partial charge in [-0.1, -0.05) is 11.6 Å². The molecule has 0 radical (unpaired) electrons. The molecule has 6 heteroatoms. The highest BCUT2D eigenvalue weighted by molar-refractivity contribution is 6.31. The zero-order valence-corrected chi connectivity index (χ0v) is 10.5. The third-order valence-electron chi connectivity index (χ3n) is 2.24. The van der Waals surface area contributed by atoms with Crippen molar-refractivity contribution in [2.24, 2.45) is 0 Å². The molecule has 1 amide bonds. The average Bonchev–Trinajstić information content (AvgIpc) is 2.23. The minimum atomic E-state index is -0.570. The maximum absolute atomic E-state index is 13.1. The lowest BCUT2D eigenvalue weighted by Gasteiger charge is -2.20. The summed E-state index contributed by atoms with van der Waals surface area (Å²) in [6.07, 6.45) is 0. The lowest BCUT2D eigenvalue weighted by Crippen LogP contribution is -2.35. The number of carbonyl (C=O) groups is 1. The van der Waals surface area contributed by atoms with Gasteiger partial charge >= 0.3 is 0 Å². The molecule has 1 aromatic carbocycles. The molecule has 1 rings (SSSR count). The van der Waals surface area contributed by atoms with Gasteiger partial charge < -0.3 is 16.0 Å². The second-order valence-electron chi connectivity index (χ2n) is 3.63. The molecule has 0 fully saturated rings. The first-order valence-electron chi connectivity index (χ1n) is 5.18. The highest BCUT2D eigenvalue weighted by Crippen LogP contribution is 2.28. The van der Waals surface area contributed by atoms with Gasteiger partial charge in [-0.25, -0.2) is 4.39 Å². The van der Waals surface area contributed by atoms with Crippen molar-refractivity contribution < 1.29 is 9.18 Å². The predicted octanol–water partition coefficient (Wildman–Crippen LogP) is 1.63. The molecule has 0 heterocycles. The SMILES string of the molecule is CCNC(=O)CN(C)c1cc(Cl)c(F)cc1N. The maximum Gasteiger partial charge on any atom is 0.239 e. The molecular formula is C11H15ClFN3O. The lowest BCUT2D eigenvalue weighted by molar-refractivity contribution is -0.119. The molecule has 0 aromatic heterocycles. The Balaban J connectivity index is 2.85. The van der Waals surface area contributed by atoms with Crippen LogP contribution < -0.4 is 16.0 Å².